The molecule has 51 heavy (non-hydrogen) atoms. The molecule has 0 fully saturated rings. The van der Waals surface area contributed by atoms with Crippen LogP contribution in [0, 0.1) is 0 Å². The largest absolute Gasteiger partial charge is 0.456 e. The fraction of sp³-hybridized carbons (Fsp3) is 0.0612. The number of benzene rings is 8. The molecule has 0 bridgehead atoms. The average Bonchev–Trinajstić information content (AvgIpc) is 3.67. The Labute approximate surface area is 297 Å². The highest BCUT2D eigenvalue weighted by atomic mass is 16.3. The molecule has 0 atom stereocenters. The van der Waals surface area contributed by atoms with E-state index in [4.69, 9.17) is 4.42 Å². The van der Waals surface area contributed by atoms with Gasteiger partial charge in [-0.1, -0.05) is 141 Å². The molecule has 0 unspecified atom stereocenters. The topological polar surface area (TPSA) is 16.4 Å². The van der Waals surface area contributed by atoms with Gasteiger partial charge in [-0.25, -0.2) is 0 Å². The molecule has 1 aliphatic rings. The molecule has 242 valence electrons. The summed E-state index contributed by atoms with van der Waals surface area (Å²) in [4.78, 5) is 2.38. The standard InChI is InChI=1S/C49H35NO/c1-49(2)44-23-12-11-21-39(44)40-26-24-36(29-45(40)49)50(35-19-13-18-34(28-35)32-14-5-3-6-15-32)37-25-27-42-46(30-37)51-47-31-43(33-16-7-4-8-17-33)38-20-9-10-22-41(38)48(42)47/h3-31H,1-2H3. The summed E-state index contributed by atoms with van der Waals surface area (Å²) >= 11 is 0. The minimum Gasteiger partial charge on any atom is -0.456 e. The van der Waals surface area contributed by atoms with Crippen molar-refractivity contribution >= 4 is 49.8 Å². The molecule has 0 saturated carbocycles. The Morgan fingerprint density at radius 2 is 1.02 bits per heavy atom. The van der Waals surface area contributed by atoms with Gasteiger partial charge in [-0.2, -0.15) is 0 Å². The molecular formula is C49H35NO. The minimum atomic E-state index is -0.111. The molecule has 0 radical (unpaired) electrons. The average molecular weight is 654 g/mol. The first-order valence-electron chi connectivity index (χ1n) is 17.7. The second-order valence-corrected chi connectivity index (χ2v) is 14.1. The molecule has 0 N–H and O–H groups in total. The maximum absolute atomic E-state index is 6.80. The van der Waals surface area contributed by atoms with Crippen LogP contribution in [0.25, 0.3) is 66.1 Å². The van der Waals surface area contributed by atoms with Crippen LogP contribution in [0.4, 0.5) is 17.1 Å². The smallest absolute Gasteiger partial charge is 0.137 e. The number of hydrogen-bond donors (Lipinski definition) is 0. The molecule has 0 aliphatic heterocycles. The third kappa shape index (κ3) is 4.64. The van der Waals surface area contributed by atoms with Gasteiger partial charge in [-0.05, 0) is 97.7 Å². The Bertz CT molecular complexity index is 2770. The fourth-order valence-electron chi connectivity index (χ4n) is 8.36. The second-order valence-electron chi connectivity index (χ2n) is 14.1. The van der Waals surface area contributed by atoms with Crippen molar-refractivity contribution in [2.45, 2.75) is 19.3 Å². The fourth-order valence-corrected chi connectivity index (χ4v) is 8.36. The van der Waals surface area contributed by atoms with Gasteiger partial charge in [-0.3, -0.25) is 0 Å². The Kier molecular flexibility index (Phi) is 6.56. The van der Waals surface area contributed by atoms with E-state index in [1.54, 1.807) is 0 Å². The summed E-state index contributed by atoms with van der Waals surface area (Å²) in [6.07, 6.45) is 0. The summed E-state index contributed by atoms with van der Waals surface area (Å²) in [6, 6.07) is 63.5. The van der Waals surface area contributed by atoms with E-state index < -0.39 is 0 Å². The van der Waals surface area contributed by atoms with Crippen LogP contribution in [0.2, 0.25) is 0 Å². The van der Waals surface area contributed by atoms with Crippen molar-refractivity contribution in [3.63, 3.8) is 0 Å². The predicted molar refractivity (Wildman–Crippen MR) is 214 cm³/mol. The van der Waals surface area contributed by atoms with Gasteiger partial charge >= 0.3 is 0 Å². The second kappa shape index (κ2) is 11.3. The van der Waals surface area contributed by atoms with Crippen molar-refractivity contribution in [2.75, 3.05) is 4.90 Å². The number of nitrogens with zero attached hydrogens (tertiary/aromatic N) is 1. The summed E-state index contributed by atoms with van der Waals surface area (Å²) in [6.45, 7) is 4.69. The Morgan fingerprint density at radius 1 is 0.392 bits per heavy atom. The Hall–Kier alpha value is -6.38. The van der Waals surface area contributed by atoms with Crippen molar-refractivity contribution in [3.8, 4) is 33.4 Å². The van der Waals surface area contributed by atoms with Gasteiger partial charge in [0.25, 0.3) is 0 Å². The lowest BCUT2D eigenvalue weighted by molar-refractivity contribution is 0.660. The molecule has 2 heteroatoms. The minimum absolute atomic E-state index is 0.111. The molecule has 1 heterocycles. The Morgan fingerprint density at radius 3 is 1.84 bits per heavy atom. The third-order valence-corrected chi connectivity index (χ3v) is 10.8. The summed E-state index contributed by atoms with van der Waals surface area (Å²) < 4.78 is 6.80. The molecular weight excluding hydrogens is 619 g/mol. The van der Waals surface area contributed by atoms with E-state index in [0.717, 1.165) is 39.0 Å². The summed E-state index contributed by atoms with van der Waals surface area (Å²) in [5.74, 6) is 0. The van der Waals surface area contributed by atoms with Crippen LogP contribution in [0.15, 0.2) is 180 Å². The van der Waals surface area contributed by atoms with Crippen LogP contribution < -0.4 is 4.90 Å². The van der Waals surface area contributed by atoms with E-state index in [1.165, 1.54) is 55.3 Å². The van der Waals surface area contributed by atoms with Crippen molar-refractivity contribution in [1.29, 1.82) is 0 Å². The van der Waals surface area contributed by atoms with Crippen molar-refractivity contribution in [1.82, 2.24) is 0 Å². The molecule has 10 rings (SSSR count). The monoisotopic (exact) mass is 653 g/mol. The Balaban J connectivity index is 1.18. The number of furan rings is 1. The quantitative estimate of drug-likeness (QED) is 0.184. The number of fused-ring (bicyclic) bond motifs is 8. The van der Waals surface area contributed by atoms with Gasteiger partial charge in [0.2, 0.25) is 0 Å². The lowest BCUT2D eigenvalue weighted by Gasteiger charge is -2.28. The van der Waals surface area contributed by atoms with Gasteiger partial charge in [0, 0.05) is 39.3 Å². The summed E-state index contributed by atoms with van der Waals surface area (Å²) in [5, 5.41) is 4.70. The zero-order valence-electron chi connectivity index (χ0n) is 28.6. The molecule has 0 spiro atoms. The van der Waals surface area contributed by atoms with E-state index >= 15 is 0 Å². The highest BCUT2D eigenvalue weighted by molar-refractivity contribution is 6.22. The van der Waals surface area contributed by atoms with E-state index in [0.29, 0.717) is 0 Å². The molecule has 1 aromatic heterocycles. The molecule has 0 amide bonds. The van der Waals surface area contributed by atoms with Gasteiger partial charge in [-0.15, -0.1) is 0 Å². The first-order chi connectivity index (χ1) is 25.0. The van der Waals surface area contributed by atoms with Crippen LogP contribution in [0.3, 0.4) is 0 Å². The summed E-state index contributed by atoms with van der Waals surface area (Å²) in [5.41, 5.74) is 15.0. The number of rotatable bonds is 5. The lowest BCUT2D eigenvalue weighted by atomic mass is 9.82. The highest BCUT2D eigenvalue weighted by Gasteiger charge is 2.35. The lowest BCUT2D eigenvalue weighted by Crippen LogP contribution is -2.16. The molecule has 8 aromatic carbocycles. The van der Waals surface area contributed by atoms with Crippen LogP contribution in [0.1, 0.15) is 25.0 Å². The third-order valence-electron chi connectivity index (χ3n) is 10.8. The molecule has 0 saturated heterocycles. The van der Waals surface area contributed by atoms with Crippen LogP contribution in [-0.2, 0) is 5.41 Å². The van der Waals surface area contributed by atoms with Crippen LogP contribution in [-0.4, -0.2) is 0 Å². The first-order valence-corrected chi connectivity index (χ1v) is 17.7. The van der Waals surface area contributed by atoms with Crippen molar-refractivity contribution in [2.24, 2.45) is 0 Å². The highest BCUT2D eigenvalue weighted by Crippen LogP contribution is 2.51. The maximum atomic E-state index is 6.80. The molecule has 2 nitrogen and oxygen atoms in total. The van der Waals surface area contributed by atoms with Crippen LogP contribution in [0.5, 0.6) is 0 Å². The number of hydrogen-bond acceptors (Lipinski definition) is 2. The normalized spacial score (nSPS) is 13.1. The van der Waals surface area contributed by atoms with Gasteiger partial charge in [0.15, 0.2) is 0 Å². The zero-order chi connectivity index (χ0) is 34.1. The van der Waals surface area contributed by atoms with E-state index in [2.05, 4.69) is 195 Å². The zero-order valence-corrected chi connectivity index (χ0v) is 28.6. The van der Waals surface area contributed by atoms with Crippen molar-refractivity contribution < 1.29 is 4.42 Å². The van der Waals surface area contributed by atoms with Gasteiger partial charge in [0.05, 0.1) is 0 Å². The van der Waals surface area contributed by atoms with Gasteiger partial charge < -0.3 is 9.32 Å². The molecule has 1 aliphatic carbocycles. The van der Waals surface area contributed by atoms with Crippen LogP contribution >= 0.6 is 0 Å². The van der Waals surface area contributed by atoms with Gasteiger partial charge in [0.1, 0.15) is 11.2 Å². The molecule has 9 aromatic rings. The van der Waals surface area contributed by atoms with E-state index in [9.17, 15) is 0 Å². The number of anilines is 3. The van der Waals surface area contributed by atoms with E-state index in [1.807, 2.05) is 0 Å². The summed E-state index contributed by atoms with van der Waals surface area (Å²) in [7, 11) is 0. The maximum Gasteiger partial charge on any atom is 0.137 e. The van der Waals surface area contributed by atoms with E-state index in [-0.39, 0.29) is 5.41 Å². The van der Waals surface area contributed by atoms with Crippen molar-refractivity contribution in [3.05, 3.63) is 187 Å². The SMILES string of the molecule is CC1(C)c2ccccc2-c2ccc(N(c3cccc(-c4ccccc4)c3)c3ccc4c(c3)oc3cc(-c5ccccc5)c5ccccc5c34)cc21. The predicted octanol–water partition coefficient (Wildman–Crippen LogP) is 13.8. The first kappa shape index (κ1) is 29.5.